The fourth-order valence-corrected chi connectivity index (χ4v) is 2.17. The minimum absolute atomic E-state index is 0.159. The number of carbonyl (C=O) groups is 2. The smallest absolute Gasteiger partial charge is 0.306 e. The van der Waals surface area contributed by atoms with Crippen LogP contribution in [0.5, 0.6) is 0 Å². The Morgan fingerprint density at radius 3 is 2.33 bits per heavy atom. The molecule has 1 fully saturated rings. The number of carbonyl (C=O) groups excluding carboxylic acids is 2. The van der Waals surface area contributed by atoms with E-state index in [1.807, 2.05) is 36.4 Å². The monoisotopic (exact) mass is 282 g/mol. The van der Waals surface area contributed by atoms with Crippen LogP contribution in [0.15, 0.2) is 60.7 Å². The molecule has 2 aromatic carbocycles. The van der Waals surface area contributed by atoms with E-state index < -0.39 is 12.1 Å². The van der Waals surface area contributed by atoms with E-state index in [-0.39, 0.29) is 12.3 Å². The summed E-state index contributed by atoms with van der Waals surface area (Å²) in [6, 6.07) is 17.7. The Kier molecular flexibility index (Phi) is 3.66. The van der Waals surface area contributed by atoms with Gasteiger partial charge in [-0.05, 0) is 17.7 Å². The van der Waals surface area contributed by atoms with Crippen molar-refractivity contribution in [3.63, 3.8) is 0 Å². The summed E-state index contributed by atoms with van der Waals surface area (Å²) in [6.45, 7) is 0. The van der Waals surface area contributed by atoms with Gasteiger partial charge in [-0.25, -0.2) is 4.79 Å². The van der Waals surface area contributed by atoms with Gasteiger partial charge in [-0.2, -0.15) is 0 Å². The first-order valence-electron chi connectivity index (χ1n) is 6.65. The molecule has 1 aliphatic rings. The summed E-state index contributed by atoms with van der Waals surface area (Å²) in [5.41, 5.74) is 1.49. The summed E-state index contributed by atoms with van der Waals surface area (Å²) < 4.78 is 0. The lowest BCUT2D eigenvalue weighted by Gasteiger charge is -2.15. The van der Waals surface area contributed by atoms with Crippen molar-refractivity contribution in [3.8, 4) is 0 Å². The minimum atomic E-state index is -0.579. The highest BCUT2D eigenvalue weighted by Crippen LogP contribution is 2.29. The number of nitrogens with one attached hydrogen (secondary N) is 1. The standard InChI is InChI=1S/C16H14N2O3/c19-15-11-14(12-7-3-1-4-8-12)21-18(15)16(20)17-13-9-5-2-6-10-13/h1-10,14H,11H2,(H,17,20). The Morgan fingerprint density at radius 1 is 1.05 bits per heavy atom. The minimum Gasteiger partial charge on any atom is -0.306 e. The first kappa shape index (κ1) is 13.3. The predicted molar refractivity (Wildman–Crippen MR) is 77.2 cm³/mol. The molecule has 0 radical (unpaired) electrons. The van der Waals surface area contributed by atoms with Gasteiger partial charge in [0.2, 0.25) is 0 Å². The average Bonchev–Trinajstić information content (AvgIpc) is 2.91. The number of anilines is 1. The van der Waals surface area contributed by atoms with Crippen LogP contribution in [0, 0.1) is 0 Å². The fraction of sp³-hybridized carbons (Fsp3) is 0.125. The molecule has 1 unspecified atom stereocenters. The molecule has 1 saturated heterocycles. The van der Waals surface area contributed by atoms with Crippen molar-refractivity contribution in [1.29, 1.82) is 0 Å². The number of amides is 3. The van der Waals surface area contributed by atoms with Crippen LogP contribution in [0.3, 0.4) is 0 Å². The highest BCUT2D eigenvalue weighted by atomic mass is 16.7. The van der Waals surface area contributed by atoms with Crippen molar-refractivity contribution in [1.82, 2.24) is 5.06 Å². The van der Waals surface area contributed by atoms with Crippen LogP contribution in [0.4, 0.5) is 10.5 Å². The molecule has 0 aromatic heterocycles. The largest absolute Gasteiger partial charge is 0.353 e. The van der Waals surface area contributed by atoms with E-state index in [0.29, 0.717) is 5.69 Å². The molecule has 0 spiro atoms. The molecule has 106 valence electrons. The summed E-state index contributed by atoms with van der Waals surface area (Å²) in [4.78, 5) is 29.5. The molecule has 1 aliphatic heterocycles. The van der Waals surface area contributed by atoms with Crippen LogP contribution in [0.1, 0.15) is 18.1 Å². The van der Waals surface area contributed by atoms with Crippen molar-refractivity contribution in [3.05, 3.63) is 66.2 Å². The van der Waals surface area contributed by atoms with E-state index in [4.69, 9.17) is 4.84 Å². The summed E-state index contributed by atoms with van der Waals surface area (Å²) in [5.74, 6) is -0.350. The van der Waals surface area contributed by atoms with Crippen LogP contribution in [-0.4, -0.2) is 17.0 Å². The van der Waals surface area contributed by atoms with Gasteiger partial charge >= 0.3 is 6.03 Å². The Bertz CT molecular complexity index is 643. The Hall–Kier alpha value is -2.66. The van der Waals surface area contributed by atoms with Gasteiger partial charge in [-0.3, -0.25) is 9.63 Å². The Labute approximate surface area is 122 Å². The van der Waals surface area contributed by atoms with Crippen LogP contribution in [0.2, 0.25) is 0 Å². The molecule has 1 N–H and O–H groups in total. The second-order valence-corrected chi connectivity index (χ2v) is 4.69. The van der Waals surface area contributed by atoms with E-state index in [1.54, 1.807) is 24.3 Å². The molecule has 3 rings (SSSR count). The molecule has 0 aliphatic carbocycles. The van der Waals surface area contributed by atoms with Crippen LogP contribution in [0.25, 0.3) is 0 Å². The maximum atomic E-state index is 12.1. The molecule has 2 aromatic rings. The Balaban J connectivity index is 1.69. The van der Waals surface area contributed by atoms with Gasteiger partial charge in [0.25, 0.3) is 5.91 Å². The zero-order valence-electron chi connectivity index (χ0n) is 11.2. The molecule has 0 bridgehead atoms. The number of rotatable bonds is 2. The van der Waals surface area contributed by atoms with E-state index in [9.17, 15) is 9.59 Å². The van der Waals surface area contributed by atoms with Crippen molar-refractivity contribution in [2.24, 2.45) is 0 Å². The summed E-state index contributed by atoms with van der Waals surface area (Å²) >= 11 is 0. The normalized spacial score (nSPS) is 17.8. The van der Waals surface area contributed by atoms with E-state index in [1.165, 1.54) is 0 Å². The van der Waals surface area contributed by atoms with Gasteiger partial charge in [0.05, 0.1) is 6.42 Å². The van der Waals surface area contributed by atoms with E-state index >= 15 is 0 Å². The van der Waals surface area contributed by atoms with Gasteiger partial charge in [-0.15, -0.1) is 5.06 Å². The molecule has 21 heavy (non-hydrogen) atoms. The number of hydrogen-bond donors (Lipinski definition) is 1. The number of urea groups is 1. The third-order valence-corrected chi connectivity index (χ3v) is 3.20. The zero-order valence-corrected chi connectivity index (χ0v) is 11.2. The van der Waals surface area contributed by atoms with Crippen LogP contribution < -0.4 is 5.32 Å². The zero-order chi connectivity index (χ0) is 14.7. The molecular weight excluding hydrogens is 268 g/mol. The number of hydroxylamine groups is 2. The molecule has 5 heteroatoms. The molecule has 3 amide bonds. The second-order valence-electron chi connectivity index (χ2n) is 4.69. The lowest BCUT2D eigenvalue weighted by molar-refractivity contribution is -0.153. The van der Waals surface area contributed by atoms with Gasteiger partial charge in [-0.1, -0.05) is 48.5 Å². The SMILES string of the molecule is O=C1CC(c2ccccc2)ON1C(=O)Nc1ccccc1. The summed E-state index contributed by atoms with van der Waals surface area (Å²) in [6.07, 6.45) is -0.258. The molecule has 5 nitrogen and oxygen atoms in total. The second kappa shape index (κ2) is 5.76. The number of hydrogen-bond acceptors (Lipinski definition) is 3. The topological polar surface area (TPSA) is 58.6 Å². The summed E-state index contributed by atoms with van der Waals surface area (Å²) in [7, 11) is 0. The first-order valence-corrected chi connectivity index (χ1v) is 6.65. The third-order valence-electron chi connectivity index (χ3n) is 3.20. The van der Waals surface area contributed by atoms with E-state index in [2.05, 4.69) is 5.32 Å². The van der Waals surface area contributed by atoms with Gasteiger partial charge < -0.3 is 5.32 Å². The molecule has 1 heterocycles. The third kappa shape index (κ3) is 2.93. The lowest BCUT2D eigenvalue weighted by Crippen LogP contribution is -2.34. The number of benzene rings is 2. The maximum absolute atomic E-state index is 12.1. The first-order chi connectivity index (χ1) is 10.2. The fourth-order valence-electron chi connectivity index (χ4n) is 2.17. The van der Waals surface area contributed by atoms with Gasteiger partial charge in [0, 0.05) is 5.69 Å². The number of nitrogens with zero attached hydrogens (tertiary/aromatic N) is 1. The molecular formula is C16H14N2O3. The maximum Gasteiger partial charge on any atom is 0.353 e. The lowest BCUT2D eigenvalue weighted by atomic mass is 10.1. The van der Waals surface area contributed by atoms with Crippen molar-refractivity contribution in [2.75, 3.05) is 5.32 Å². The van der Waals surface area contributed by atoms with E-state index in [0.717, 1.165) is 10.6 Å². The average molecular weight is 282 g/mol. The highest BCUT2D eigenvalue weighted by molar-refractivity contribution is 6.01. The van der Waals surface area contributed by atoms with Gasteiger partial charge in [0.1, 0.15) is 6.10 Å². The summed E-state index contributed by atoms with van der Waals surface area (Å²) in [5, 5.41) is 3.42. The van der Waals surface area contributed by atoms with Crippen LogP contribution >= 0.6 is 0 Å². The van der Waals surface area contributed by atoms with Crippen LogP contribution in [-0.2, 0) is 9.63 Å². The molecule has 0 saturated carbocycles. The number of para-hydroxylation sites is 1. The van der Waals surface area contributed by atoms with Crippen molar-refractivity contribution >= 4 is 17.6 Å². The van der Waals surface area contributed by atoms with Gasteiger partial charge in [0.15, 0.2) is 0 Å². The van der Waals surface area contributed by atoms with Crippen molar-refractivity contribution < 1.29 is 14.4 Å². The Morgan fingerprint density at radius 2 is 1.67 bits per heavy atom. The predicted octanol–water partition coefficient (Wildman–Crippen LogP) is 3.12. The number of imide groups is 1. The quantitative estimate of drug-likeness (QED) is 0.920. The highest BCUT2D eigenvalue weighted by Gasteiger charge is 2.36. The molecule has 1 atom stereocenters. The van der Waals surface area contributed by atoms with Crippen molar-refractivity contribution in [2.45, 2.75) is 12.5 Å².